The second-order valence-corrected chi connectivity index (χ2v) is 6.63. The highest BCUT2D eigenvalue weighted by Crippen LogP contribution is 2.29. The summed E-state index contributed by atoms with van der Waals surface area (Å²) in [7, 11) is 2.84. The molecule has 0 aliphatic carbocycles. The van der Waals surface area contributed by atoms with Gasteiger partial charge in [-0.1, -0.05) is 18.2 Å². The zero-order chi connectivity index (χ0) is 23.0. The molecule has 0 saturated heterocycles. The van der Waals surface area contributed by atoms with Crippen LogP contribution in [-0.2, 0) is 38.1 Å². The van der Waals surface area contributed by atoms with Crippen LogP contribution >= 0.6 is 0 Å². The molecule has 1 amide bonds. The molecule has 0 radical (unpaired) electrons. The van der Waals surface area contributed by atoms with Crippen LogP contribution in [0.2, 0.25) is 0 Å². The first-order valence-corrected chi connectivity index (χ1v) is 9.50. The van der Waals surface area contributed by atoms with Crippen molar-refractivity contribution >= 4 is 17.6 Å². The summed E-state index contributed by atoms with van der Waals surface area (Å²) < 4.78 is 53.4. The van der Waals surface area contributed by atoms with Gasteiger partial charge in [-0.25, -0.2) is 4.79 Å². The second kappa shape index (κ2) is 10.8. The molecule has 0 fully saturated rings. The van der Waals surface area contributed by atoms with E-state index in [-0.39, 0.29) is 19.4 Å². The van der Waals surface area contributed by atoms with Gasteiger partial charge in [-0.05, 0) is 42.3 Å². The lowest BCUT2D eigenvalue weighted by atomic mass is 10.1. The van der Waals surface area contributed by atoms with Crippen molar-refractivity contribution in [2.24, 2.45) is 0 Å². The van der Waals surface area contributed by atoms with Gasteiger partial charge in [-0.2, -0.15) is 13.2 Å². The molecule has 0 heterocycles. The Morgan fingerprint density at radius 3 is 2.23 bits per heavy atom. The molecule has 0 aliphatic heterocycles. The zero-order valence-electron chi connectivity index (χ0n) is 17.4. The number of halogens is 3. The average Bonchev–Trinajstić information content (AvgIpc) is 2.72. The maximum atomic E-state index is 12.7. The summed E-state index contributed by atoms with van der Waals surface area (Å²) in [5, 5.41) is 2.70. The Morgan fingerprint density at radius 1 is 1.03 bits per heavy atom. The fourth-order valence-electron chi connectivity index (χ4n) is 2.88. The van der Waals surface area contributed by atoms with Gasteiger partial charge in [0.15, 0.2) is 6.10 Å². The number of methoxy groups -OCH3 is 2. The Morgan fingerprint density at radius 2 is 1.68 bits per heavy atom. The van der Waals surface area contributed by atoms with E-state index in [4.69, 9.17) is 14.2 Å². The number of hydrogen-bond donors (Lipinski definition) is 1. The normalized spacial score (nSPS) is 12.2. The first-order chi connectivity index (χ1) is 14.7. The van der Waals surface area contributed by atoms with E-state index in [0.29, 0.717) is 22.6 Å². The van der Waals surface area contributed by atoms with E-state index < -0.39 is 29.7 Å². The molecular formula is C22H24F3NO5. The summed E-state index contributed by atoms with van der Waals surface area (Å²) in [4.78, 5) is 24.4. The van der Waals surface area contributed by atoms with Crippen LogP contribution in [0.1, 0.15) is 23.6 Å². The van der Waals surface area contributed by atoms with Crippen molar-refractivity contribution in [1.29, 1.82) is 0 Å². The van der Waals surface area contributed by atoms with Crippen LogP contribution in [-0.4, -0.2) is 38.8 Å². The summed E-state index contributed by atoms with van der Waals surface area (Å²) in [5.74, 6) is -0.521. The molecule has 31 heavy (non-hydrogen) atoms. The van der Waals surface area contributed by atoms with Gasteiger partial charge in [0.1, 0.15) is 5.75 Å². The molecule has 1 atom stereocenters. The molecule has 0 aliphatic rings. The molecule has 6 nitrogen and oxygen atoms in total. The minimum Gasteiger partial charge on any atom is -0.495 e. The lowest BCUT2D eigenvalue weighted by Gasteiger charge is -2.16. The maximum Gasteiger partial charge on any atom is 0.416 e. The number of anilines is 1. The third-order valence-electron chi connectivity index (χ3n) is 4.44. The molecule has 2 aromatic carbocycles. The lowest BCUT2D eigenvalue weighted by Crippen LogP contribution is -2.27. The summed E-state index contributed by atoms with van der Waals surface area (Å²) in [5.41, 5.74) is 0.726. The number of carbonyl (C=O) groups is 2. The first kappa shape index (κ1) is 24.2. The monoisotopic (exact) mass is 439 g/mol. The highest BCUT2D eigenvalue weighted by atomic mass is 19.4. The molecule has 168 valence electrons. The Balaban J connectivity index is 2.11. The van der Waals surface area contributed by atoms with E-state index in [1.54, 1.807) is 25.1 Å². The van der Waals surface area contributed by atoms with Crippen molar-refractivity contribution < 1.29 is 37.0 Å². The standard InChI is InChI=1S/C22H24F3NO5/c1-4-31-21(28)19(30-3)12-15-7-10-18(29-2)17(11-15)26-20(27)13-14-5-8-16(9-6-14)22(23,24)25/h5-11,19H,4,12-13H2,1-3H3,(H,26,27). The zero-order valence-corrected chi connectivity index (χ0v) is 17.4. The van der Waals surface area contributed by atoms with E-state index in [9.17, 15) is 22.8 Å². The first-order valence-electron chi connectivity index (χ1n) is 9.50. The Bertz CT molecular complexity index is 897. The van der Waals surface area contributed by atoms with E-state index >= 15 is 0 Å². The van der Waals surface area contributed by atoms with Crippen LogP contribution in [0.3, 0.4) is 0 Å². The van der Waals surface area contributed by atoms with Gasteiger partial charge in [0, 0.05) is 13.5 Å². The molecule has 0 spiro atoms. The number of benzene rings is 2. The van der Waals surface area contributed by atoms with Crippen LogP contribution in [0.5, 0.6) is 5.75 Å². The molecule has 2 rings (SSSR count). The number of alkyl halides is 3. The van der Waals surface area contributed by atoms with Gasteiger partial charge in [-0.3, -0.25) is 4.79 Å². The molecule has 1 N–H and O–H groups in total. The van der Waals surface area contributed by atoms with Crippen molar-refractivity contribution in [3.63, 3.8) is 0 Å². The molecule has 0 bridgehead atoms. The smallest absolute Gasteiger partial charge is 0.416 e. The Kier molecular flexibility index (Phi) is 8.44. The molecular weight excluding hydrogens is 415 g/mol. The Labute approximate surface area is 178 Å². The summed E-state index contributed by atoms with van der Waals surface area (Å²) in [6.07, 6.45) is -5.13. The molecule has 0 saturated carbocycles. The predicted octanol–water partition coefficient (Wildman–Crippen LogP) is 4.02. The molecule has 2 aromatic rings. The van der Waals surface area contributed by atoms with Gasteiger partial charge in [0.05, 0.1) is 31.4 Å². The van der Waals surface area contributed by atoms with Crippen LogP contribution in [0.15, 0.2) is 42.5 Å². The number of carbonyl (C=O) groups excluding carboxylic acids is 2. The fourth-order valence-corrected chi connectivity index (χ4v) is 2.88. The van der Waals surface area contributed by atoms with Crippen LogP contribution in [0.4, 0.5) is 18.9 Å². The highest BCUT2D eigenvalue weighted by Gasteiger charge is 2.30. The number of ether oxygens (including phenoxy) is 3. The van der Waals surface area contributed by atoms with Gasteiger partial charge in [0.25, 0.3) is 0 Å². The lowest BCUT2D eigenvalue weighted by molar-refractivity contribution is -0.154. The Hall–Kier alpha value is -3.07. The average molecular weight is 439 g/mol. The predicted molar refractivity (Wildman–Crippen MR) is 108 cm³/mol. The van der Waals surface area contributed by atoms with E-state index in [0.717, 1.165) is 12.1 Å². The summed E-state index contributed by atoms with van der Waals surface area (Å²) in [6.45, 7) is 1.93. The number of hydrogen-bond acceptors (Lipinski definition) is 5. The maximum absolute atomic E-state index is 12.7. The van der Waals surface area contributed by atoms with Crippen molar-refractivity contribution in [1.82, 2.24) is 0 Å². The summed E-state index contributed by atoms with van der Waals surface area (Å²) >= 11 is 0. The van der Waals surface area contributed by atoms with E-state index in [1.165, 1.54) is 26.4 Å². The SMILES string of the molecule is CCOC(=O)C(Cc1ccc(OC)c(NC(=O)Cc2ccc(C(F)(F)F)cc2)c1)OC. The van der Waals surface area contributed by atoms with Crippen LogP contribution in [0, 0.1) is 0 Å². The van der Waals surface area contributed by atoms with Gasteiger partial charge >= 0.3 is 12.1 Å². The van der Waals surface area contributed by atoms with Crippen LogP contribution in [0.25, 0.3) is 0 Å². The highest BCUT2D eigenvalue weighted by molar-refractivity contribution is 5.93. The minimum atomic E-state index is -4.43. The largest absolute Gasteiger partial charge is 0.495 e. The van der Waals surface area contributed by atoms with Gasteiger partial charge < -0.3 is 19.5 Å². The van der Waals surface area contributed by atoms with Crippen molar-refractivity contribution in [3.05, 3.63) is 59.2 Å². The molecule has 0 aromatic heterocycles. The number of rotatable bonds is 9. The quantitative estimate of drug-likeness (QED) is 0.598. The van der Waals surface area contributed by atoms with Gasteiger partial charge in [0.2, 0.25) is 5.91 Å². The minimum absolute atomic E-state index is 0.116. The van der Waals surface area contributed by atoms with Crippen molar-refractivity contribution in [2.45, 2.75) is 32.0 Å². The molecule has 9 heteroatoms. The van der Waals surface area contributed by atoms with E-state index in [2.05, 4.69) is 5.32 Å². The molecule has 1 unspecified atom stereocenters. The number of amides is 1. The van der Waals surface area contributed by atoms with Gasteiger partial charge in [-0.15, -0.1) is 0 Å². The topological polar surface area (TPSA) is 73.9 Å². The van der Waals surface area contributed by atoms with Crippen LogP contribution < -0.4 is 10.1 Å². The fraction of sp³-hybridized carbons (Fsp3) is 0.364. The third-order valence-corrected chi connectivity index (χ3v) is 4.44. The number of esters is 1. The van der Waals surface area contributed by atoms with Crippen molar-refractivity contribution in [3.8, 4) is 5.75 Å². The van der Waals surface area contributed by atoms with Crippen molar-refractivity contribution in [2.75, 3.05) is 26.1 Å². The number of nitrogens with one attached hydrogen (secondary N) is 1. The van der Waals surface area contributed by atoms with E-state index in [1.807, 2.05) is 0 Å². The third kappa shape index (κ3) is 6.99. The summed E-state index contributed by atoms with van der Waals surface area (Å²) in [6, 6.07) is 9.41. The second-order valence-electron chi connectivity index (χ2n) is 6.63.